The third kappa shape index (κ3) is 9.06. The van der Waals surface area contributed by atoms with Crippen LogP contribution in [0.25, 0.3) is 6.08 Å². The first-order chi connectivity index (χ1) is 20.4. The van der Waals surface area contributed by atoms with Gasteiger partial charge in [-0.25, -0.2) is 9.59 Å². The molecule has 1 fully saturated rings. The molecule has 1 saturated heterocycles. The van der Waals surface area contributed by atoms with Gasteiger partial charge in [-0.3, -0.25) is 4.79 Å². The predicted octanol–water partition coefficient (Wildman–Crippen LogP) is 6.46. The molecule has 3 aromatic rings. The quantitative estimate of drug-likeness (QED) is 0.167. The zero-order chi connectivity index (χ0) is 29.7. The number of esters is 1. The summed E-state index contributed by atoms with van der Waals surface area (Å²) < 4.78 is 11.0. The Labute approximate surface area is 247 Å². The Balaban J connectivity index is 1.40. The molecule has 0 radical (unpaired) electrons. The number of amides is 1. The van der Waals surface area contributed by atoms with Gasteiger partial charge < -0.3 is 19.5 Å². The van der Waals surface area contributed by atoms with E-state index in [9.17, 15) is 19.5 Å². The summed E-state index contributed by atoms with van der Waals surface area (Å²) in [5.74, 6) is -0.00228. The Morgan fingerprint density at radius 3 is 2.36 bits per heavy atom. The number of likely N-dealkylation sites (tertiary alicyclic amines) is 1. The summed E-state index contributed by atoms with van der Waals surface area (Å²) in [5.41, 5.74) is 3.99. The number of methoxy groups -OCH3 is 1. The average Bonchev–Trinajstić information content (AvgIpc) is 3.43. The van der Waals surface area contributed by atoms with Crippen molar-refractivity contribution < 1.29 is 29.0 Å². The van der Waals surface area contributed by atoms with Crippen LogP contribution < -0.4 is 4.74 Å². The zero-order valence-electron chi connectivity index (χ0n) is 24.2. The van der Waals surface area contributed by atoms with Gasteiger partial charge in [-0.2, -0.15) is 0 Å². The second-order valence-electron chi connectivity index (χ2n) is 10.6. The average molecular weight is 570 g/mol. The predicted molar refractivity (Wildman–Crippen MR) is 163 cm³/mol. The monoisotopic (exact) mass is 569 g/mol. The van der Waals surface area contributed by atoms with Crippen molar-refractivity contribution in [3.05, 3.63) is 107 Å². The van der Waals surface area contributed by atoms with Crippen LogP contribution >= 0.6 is 0 Å². The van der Waals surface area contributed by atoms with Gasteiger partial charge in [0.05, 0.1) is 24.8 Å². The molecule has 0 spiro atoms. The highest BCUT2D eigenvalue weighted by molar-refractivity contribution is 5.89. The lowest BCUT2D eigenvalue weighted by Gasteiger charge is -2.16. The van der Waals surface area contributed by atoms with E-state index in [1.807, 2.05) is 53.4 Å². The van der Waals surface area contributed by atoms with E-state index in [1.165, 1.54) is 7.11 Å². The van der Waals surface area contributed by atoms with Crippen LogP contribution in [0.15, 0.2) is 78.9 Å². The largest absolute Gasteiger partial charge is 0.493 e. The smallest absolute Gasteiger partial charge is 0.337 e. The molecule has 0 aliphatic carbocycles. The fourth-order valence-electron chi connectivity index (χ4n) is 5.15. The van der Waals surface area contributed by atoms with Gasteiger partial charge in [-0.1, -0.05) is 54.6 Å². The highest BCUT2D eigenvalue weighted by atomic mass is 16.5. The maximum atomic E-state index is 11.9. The number of carbonyl (C=O) groups excluding carboxylic acids is 2. The summed E-state index contributed by atoms with van der Waals surface area (Å²) in [6.45, 7) is 2.26. The molecule has 1 heterocycles. The number of benzene rings is 3. The van der Waals surface area contributed by atoms with Crippen molar-refractivity contribution in [3.63, 3.8) is 0 Å². The van der Waals surface area contributed by atoms with Crippen molar-refractivity contribution in [3.8, 4) is 5.75 Å². The second kappa shape index (κ2) is 15.6. The molecule has 220 valence electrons. The molecule has 1 unspecified atom stereocenters. The Kier molecular flexibility index (Phi) is 11.3. The van der Waals surface area contributed by atoms with Crippen LogP contribution in [-0.4, -0.2) is 54.7 Å². The van der Waals surface area contributed by atoms with Crippen molar-refractivity contribution in [2.45, 2.75) is 44.9 Å². The molecular formula is C35H39NO6. The molecule has 1 amide bonds. The van der Waals surface area contributed by atoms with Crippen molar-refractivity contribution in [1.29, 1.82) is 0 Å². The molecule has 1 N–H and O–H groups in total. The fraction of sp³-hybridized carbons (Fsp3) is 0.343. The number of nitrogens with zero attached hydrogens (tertiary/aromatic N) is 1. The number of para-hydroxylation sites is 1. The van der Waals surface area contributed by atoms with E-state index in [0.29, 0.717) is 18.6 Å². The summed E-state index contributed by atoms with van der Waals surface area (Å²) in [4.78, 5) is 36.8. The molecule has 1 atom stereocenters. The Morgan fingerprint density at radius 1 is 0.952 bits per heavy atom. The fourth-order valence-corrected chi connectivity index (χ4v) is 5.15. The molecule has 0 bridgehead atoms. The number of aromatic carboxylic acids is 1. The molecule has 7 heteroatoms. The number of carboxylic acids is 1. The van der Waals surface area contributed by atoms with Gasteiger partial charge in [0, 0.05) is 25.1 Å². The Bertz CT molecular complexity index is 1360. The minimum atomic E-state index is -0.930. The maximum absolute atomic E-state index is 11.9. The summed E-state index contributed by atoms with van der Waals surface area (Å²) in [5, 5.41) is 9.20. The van der Waals surface area contributed by atoms with E-state index in [4.69, 9.17) is 9.47 Å². The van der Waals surface area contributed by atoms with E-state index < -0.39 is 5.97 Å². The van der Waals surface area contributed by atoms with Gasteiger partial charge in [0.2, 0.25) is 5.91 Å². The standard InChI is InChI=1S/C35H39NO6/c1-41-35(40)31-20-15-28(16-21-31)25-27(11-10-26-12-18-30(19-13-26)34(38)39)14-17-29-7-2-3-8-32(29)42-24-5-4-22-36-23-6-9-33(36)37/h2-3,7-8,12-21,27H,4-6,9-11,22-25H2,1H3,(H,38,39). The minimum Gasteiger partial charge on any atom is -0.493 e. The van der Waals surface area contributed by atoms with Crippen LogP contribution in [-0.2, 0) is 22.4 Å². The van der Waals surface area contributed by atoms with Crippen LogP contribution in [0.5, 0.6) is 5.75 Å². The Morgan fingerprint density at radius 2 is 1.67 bits per heavy atom. The highest BCUT2D eigenvalue weighted by Crippen LogP contribution is 2.24. The number of hydrogen-bond donors (Lipinski definition) is 1. The zero-order valence-corrected chi connectivity index (χ0v) is 24.2. The third-order valence-electron chi connectivity index (χ3n) is 7.60. The molecule has 1 aliphatic heterocycles. The second-order valence-corrected chi connectivity index (χ2v) is 10.6. The molecule has 4 rings (SSSR count). The number of rotatable bonds is 15. The topological polar surface area (TPSA) is 93.1 Å². The first-order valence-corrected chi connectivity index (χ1v) is 14.6. The van der Waals surface area contributed by atoms with Crippen molar-refractivity contribution in [2.75, 3.05) is 26.8 Å². The van der Waals surface area contributed by atoms with Crippen LogP contribution in [0.2, 0.25) is 0 Å². The van der Waals surface area contributed by atoms with E-state index in [0.717, 1.165) is 74.1 Å². The van der Waals surface area contributed by atoms with E-state index >= 15 is 0 Å². The number of aryl methyl sites for hydroxylation is 1. The van der Waals surface area contributed by atoms with Crippen molar-refractivity contribution in [2.24, 2.45) is 5.92 Å². The van der Waals surface area contributed by atoms with Gasteiger partial charge in [0.15, 0.2) is 0 Å². The van der Waals surface area contributed by atoms with Gasteiger partial charge in [0.25, 0.3) is 0 Å². The Hall–Kier alpha value is -4.39. The highest BCUT2D eigenvalue weighted by Gasteiger charge is 2.19. The molecule has 7 nitrogen and oxygen atoms in total. The number of carboxylic acid groups (broad SMARTS) is 1. The SMILES string of the molecule is COC(=O)c1ccc(CC(C=Cc2ccccc2OCCCCN2CCCC2=O)CCc2ccc(C(=O)O)cc2)cc1. The molecule has 0 saturated carbocycles. The lowest BCUT2D eigenvalue weighted by atomic mass is 9.91. The number of hydrogen-bond acceptors (Lipinski definition) is 5. The van der Waals surface area contributed by atoms with Crippen molar-refractivity contribution >= 4 is 23.9 Å². The lowest BCUT2D eigenvalue weighted by Crippen LogP contribution is -2.25. The van der Waals surface area contributed by atoms with E-state index in [2.05, 4.69) is 12.2 Å². The molecule has 42 heavy (non-hydrogen) atoms. The van der Waals surface area contributed by atoms with Gasteiger partial charge in [0.1, 0.15) is 5.75 Å². The normalized spacial score (nSPS) is 13.8. The first kappa shape index (κ1) is 30.6. The van der Waals surface area contributed by atoms with Crippen molar-refractivity contribution in [1.82, 2.24) is 4.90 Å². The number of unbranched alkanes of at least 4 members (excludes halogenated alkanes) is 1. The molecule has 1 aliphatic rings. The van der Waals surface area contributed by atoms with Crippen LogP contribution in [0.3, 0.4) is 0 Å². The molecule has 0 aromatic heterocycles. The minimum absolute atomic E-state index is 0.194. The summed E-state index contributed by atoms with van der Waals surface area (Å²) in [6.07, 6.45) is 10.2. The van der Waals surface area contributed by atoms with Crippen LogP contribution in [0.4, 0.5) is 0 Å². The van der Waals surface area contributed by atoms with Gasteiger partial charge in [-0.05, 0) is 85.9 Å². The van der Waals surface area contributed by atoms with Gasteiger partial charge >= 0.3 is 11.9 Å². The van der Waals surface area contributed by atoms with Gasteiger partial charge in [-0.15, -0.1) is 0 Å². The lowest BCUT2D eigenvalue weighted by molar-refractivity contribution is -0.127. The van der Waals surface area contributed by atoms with E-state index in [1.54, 1.807) is 24.3 Å². The summed E-state index contributed by atoms with van der Waals surface area (Å²) in [7, 11) is 1.37. The summed E-state index contributed by atoms with van der Waals surface area (Å²) >= 11 is 0. The number of carbonyl (C=O) groups is 3. The first-order valence-electron chi connectivity index (χ1n) is 14.6. The van der Waals surface area contributed by atoms with E-state index in [-0.39, 0.29) is 23.4 Å². The third-order valence-corrected chi connectivity index (χ3v) is 7.60. The maximum Gasteiger partial charge on any atom is 0.337 e. The molecule has 3 aromatic carbocycles. The molecular weight excluding hydrogens is 530 g/mol. The number of ether oxygens (including phenoxy) is 2. The van der Waals surface area contributed by atoms with Crippen LogP contribution in [0, 0.1) is 5.92 Å². The number of allylic oxidation sites excluding steroid dienone is 1. The van der Waals surface area contributed by atoms with Crippen LogP contribution in [0.1, 0.15) is 69.5 Å². The summed E-state index contributed by atoms with van der Waals surface area (Å²) in [6, 6.07) is 22.5.